The van der Waals surface area contributed by atoms with Crippen molar-refractivity contribution in [3.63, 3.8) is 0 Å². The molecule has 0 spiro atoms. The zero-order chi connectivity index (χ0) is 23.0. The SMILES string of the molecule is CCOCCOc1cc(C)ccc1CNC(=NC)NCc1cccc(OCCCOC)c1. The van der Waals surface area contributed by atoms with Crippen LogP contribution < -0.4 is 20.1 Å². The highest BCUT2D eigenvalue weighted by Gasteiger charge is 2.07. The van der Waals surface area contributed by atoms with Gasteiger partial charge in [0.05, 0.1) is 13.2 Å². The van der Waals surface area contributed by atoms with Gasteiger partial charge >= 0.3 is 0 Å². The van der Waals surface area contributed by atoms with Gasteiger partial charge in [-0.15, -0.1) is 0 Å². The third-order valence-electron chi connectivity index (χ3n) is 4.70. The minimum Gasteiger partial charge on any atom is -0.493 e. The molecule has 0 aliphatic carbocycles. The maximum atomic E-state index is 5.93. The standard InChI is InChI=1S/C25H37N3O4/c1-5-30-14-15-32-24-16-20(2)10-11-22(24)19-28-25(26-3)27-18-21-8-6-9-23(17-21)31-13-7-12-29-4/h6,8-11,16-17H,5,7,12-15,18-19H2,1-4H3,(H2,26,27,28). The van der Waals surface area contributed by atoms with Gasteiger partial charge in [0, 0.05) is 52.4 Å². The van der Waals surface area contributed by atoms with Crippen LogP contribution in [0.4, 0.5) is 0 Å². The fraction of sp³-hybridized carbons (Fsp3) is 0.480. The van der Waals surface area contributed by atoms with E-state index in [2.05, 4.69) is 46.8 Å². The van der Waals surface area contributed by atoms with Crippen molar-refractivity contribution in [2.75, 3.05) is 47.2 Å². The lowest BCUT2D eigenvalue weighted by Crippen LogP contribution is -2.36. The molecule has 0 heterocycles. The smallest absolute Gasteiger partial charge is 0.191 e. The second-order valence-corrected chi connectivity index (χ2v) is 7.28. The monoisotopic (exact) mass is 443 g/mol. The zero-order valence-electron chi connectivity index (χ0n) is 19.8. The Morgan fingerprint density at radius 2 is 1.78 bits per heavy atom. The maximum Gasteiger partial charge on any atom is 0.191 e. The molecular weight excluding hydrogens is 406 g/mol. The van der Waals surface area contributed by atoms with E-state index in [9.17, 15) is 0 Å². The van der Waals surface area contributed by atoms with Gasteiger partial charge in [-0.05, 0) is 43.2 Å². The maximum absolute atomic E-state index is 5.93. The van der Waals surface area contributed by atoms with Crippen LogP contribution in [0.2, 0.25) is 0 Å². The van der Waals surface area contributed by atoms with Crippen molar-refractivity contribution in [2.45, 2.75) is 33.4 Å². The molecule has 0 atom stereocenters. The molecule has 7 heteroatoms. The van der Waals surface area contributed by atoms with Gasteiger partial charge in [-0.1, -0.05) is 24.3 Å². The van der Waals surface area contributed by atoms with E-state index in [1.54, 1.807) is 14.2 Å². The number of rotatable bonds is 14. The lowest BCUT2D eigenvalue weighted by atomic mass is 10.1. The molecule has 0 aromatic heterocycles. The number of hydrogen-bond donors (Lipinski definition) is 2. The summed E-state index contributed by atoms with van der Waals surface area (Å²) in [5.74, 6) is 2.44. The Kier molecular flexibility index (Phi) is 12.0. The van der Waals surface area contributed by atoms with Crippen molar-refractivity contribution < 1.29 is 18.9 Å². The highest BCUT2D eigenvalue weighted by atomic mass is 16.5. The van der Waals surface area contributed by atoms with E-state index in [-0.39, 0.29) is 0 Å². The van der Waals surface area contributed by atoms with Crippen molar-refractivity contribution in [3.05, 3.63) is 59.2 Å². The van der Waals surface area contributed by atoms with Crippen molar-refractivity contribution in [3.8, 4) is 11.5 Å². The second-order valence-electron chi connectivity index (χ2n) is 7.28. The summed E-state index contributed by atoms with van der Waals surface area (Å²) in [5, 5.41) is 6.72. The Morgan fingerprint density at radius 1 is 0.938 bits per heavy atom. The topological polar surface area (TPSA) is 73.3 Å². The molecule has 2 aromatic rings. The second kappa shape index (κ2) is 15.1. The van der Waals surface area contributed by atoms with Crippen molar-refractivity contribution in [2.24, 2.45) is 4.99 Å². The molecule has 7 nitrogen and oxygen atoms in total. The molecule has 176 valence electrons. The van der Waals surface area contributed by atoms with Gasteiger partial charge in [0.1, 0.15) is 18.1 Å². The first-order valence-electron chi connectivity index (χ1n) is 11.1. The number of aryl methyl sites for hydroxylation is 1. The largest absolute Gasteiger partial charge is 0.493 e. The Morgan fingerprint density at radius 3 is 2.56 bits per heavy atom. The van der Waals surface area contributed by atoms with Crippen LogP contribution in [0.5, 0.6) is 11.5 Å². The number of benzene rings is 2. The first-order valence-corrected chi connectivity index (χ1v) is 11.1. The number of ether oxygens (including phenoxy) is 4. The normalized spacial score (nSPS) is 11.3. The number of hydrogen-bond acceptors (Lipinski definition) is 5. The fourth-order valence-corrected chi connectivity index (χ4v) is 3.02. The first-order chi connectivity index (χ1) is 15.7. The molecule has 0 amide bonds. The molecule has 32 heavy (non-hydrogen) atoms. The Balaban J connectivity index is 1.86. The number of methoxy groups -OCH3 is 1. The Labute approximate surface area is 192 Å². The van der Waals surface area contributed by atoms with Crippen LogP contribution in [0.15, 0.2) is 47.5 Å². The molecule has 0 aliphatic rings. The lowest BCUT2D eigenvalue weighted by molar-refractivity contribution is 0.110. The molecule has 0 radical (unpaired) electrons. The van der Waals surface area contributed by atoms with Gasteiger partial charge in [0.25, 0.3) is 0 Å². The molecule has 0 saturated heterocycles. The summed E-state index contributed by atoms with van der Waals surface area (Å²) in [5.41, 5.74) is 3.35. The van der Waals surface area contributed by atoms with E-state index in [1.165, 1.54) is 0 Å². The van der Waals surface area contributed by atoms with E-state index in [0.717, 1.165) is 40.6 Å². The van der Waals surface area contributed by atoms with Crippen LogP contribution in [0.25, 0.3) is 0 Å². The van der Waals surface area contributed by atoms with E-state index in [4.69, 9.17) is 18.9 Å². The van der Waals surface area contributed by atoms with E-state index >= 15 is 0 Å². The predicted molar refractivity (Wildman–Crippen MR) is 129 cm³/mol. The summed E-state index contributed by atoms with van der Waals surface area (Å²) >= 11 is 0. The number of aliphatic imine (C=N–C) groups is 1. The highest BCUT2D eigenvalue weighted by molar-refractivity contribution is 5.79. The third kappa shape index (κ3) is 9.58. The van der Waals surface area contributed by atoms with Crippen LogP contribution >= 0.6 is 0 Å². The molecule has 2 rings (SSSR count). The fourth-order valence-electron chi connectivity index (χ4n) is 3.02. The average molecular weight is 444 g/mol. The number of nitrogens with one attached hydrogen (secondary N) is 2. The molecule has 0 fully saturated rings. The van der Waals surface area contributed by atoms with Crippen molar-refractivity contribution in [1.82, 2.24) is 10.6 Å². The van der Waals surface area contributed by atoms with Gasteiger partial charge in [0.15, 0.2) is 5.96 Å². The number of guanidine groups is 1. The summed E-state index contributed by atoms with van der Waals surface area (Å²) in [6.07, 6.45) is 0.867. The molecule has 0 unspecified atom stereocenters. The van der Waals surface area contributed by atoms with E-state index in [1.807, 2.05) is 25.1 Å². The minimum atomic E-state index is 0.529. The van der Waals surface area contributed by atoms with Gasteiger partial charge in [-0.3, -0.25) is 4.99 Å². The quantitative estimate of drug-likeness (QED) is 0.264. The first kappa shape index (κ1) is 25.5. The van der Waals surface area contributed by atoms with Gasteiger partial charge in [-0.2, -0.15) is 0 Å². The predicted octanol–water partition coefficient (Wildman–Crippen LogP) is 3.69. The van der Waals surface area contributed by atoms with Crippen LogP contribution in [-0.4, -0.2) is 53.2 Å². The summed E-state index contributed by atoms with van der Waals surface area (Å²) in [7, 11) is 3.46. The Bertz CT molecular complexity index is 827. The highest BCUT2D eigenvalue weighted by Crippen LogP contribution is 2.20. The van der Waals surface area contributed by atoms with Crippen LogP contribution in [0.1, 0.15) is 30.0 Å². The van der Waals surface area contributed by atoms with E-state index < -0.39 is 0 Å². The van der Waals surface area contributed by atoms with Gasteiger partial charge < -0.3 is 29.6 Å². The van der Waals surface area contributed by atoms with Gasteiger partial charge in [0.2, 0.25) is 0 Å². The molecule has 0 aliphatic heterocycles. The summed E-state index contributed by atoms with van der Waals surface area (Å²) in [6.45, 7) is 8.42. The van der Waals surface area contributed by atoms with Crippen molar-refractivity contribution in [1.29, 1.82) is 0 Å². The van der Waals surface area contributed by atoms with Crippen molar-refractivity contribution >= 4 is 5.96 Å². The zero-order valence-corrected chi connectivity index (χ0v) is 19.8. The molecule has 2 aromatic carbocycles. The third-order valence-corrected chi connectivity index (χ3v) is 4.70. The van der Waals surface area contributed by atoms with E-state index in [0.29, 0.717) is 46.1 Å². The van der Waals surface area contributed by atoms with Crippen LogP contribution in [0, 0.1) is 6.92 Å². The van der Waals surface area contributed by atoms with Crippen LogP contribution in [-0.2, 0) is 22.6 Å². The van der Waals surface area contributed by atoms with Gasteiger partial charge in [-0.25, -0.2) is 0 Å². The minimum absolute atomic E-state index is 0.529. The average Bonchev–Trinajstić information content (AvgIpc) is 2.81. The summed E-state index contributed by atoms with van der Waals surface area (Å²) in [6, 6.07) is 14.3. The summed E-state index contributed by atoms with van der Waals surface area (Å²) < 4.78 is 22.1. The lowest BCUT2D eigenvalue weighted by Gasteiger charge is -2.16. The molecular formula is C25H37N3O4. The van der Waals surface area contributed by atoms with Crippen LogP contribution in [0.3, 0.4) is 0 Å². The molecule has 0 saturated carbocycles. The Hall–Kier alpha value is -2.77. The molecule has 2 N–H and O–H groups in total. The number of nitrogens with zero attached hydrogens (tertiary/aromatic N) is 1. The molecule has 0 bridgehead atoms. The summed E-state index contributed by atoms with van der Waals surface area (Å²) in [4.78, 5) is 4.33.